The van der Waals surface area contributed by atoms with E-state index in [1.54, 1.807) is 12.1 Å². The Morgan fingerprint density at radius 1 is 1.44 bits per heavy atom. The van der Waals surface area contributed by atoms with Gasteiger partial charge in [0.05, 0.1) is 6.61 Å². The number of ether oxygens (including phenoxy) is 1. The first kappa shape index (κ1) is 11.9. The first-order valence-electron chi connectivity index (χ1n) is 6.52. The molecule has 1 aromatic carbocycles. The molecule has 3 rings (SSSR count). The van der Waals surface area contributed by atoms with Crippen molar-refractivity contribution in [2.75, 3.05) is 13.2 Å². The van der Waals surface area contributed by atoms with E-state index in [0.717, 1.165) is 30.6 Å². The lowest BCUT2D eigenvalue weighted by Crippen LogP contribution is -2.56. The number of fused-ring (bicyclic) bond motifs is 1. The summed E-state index contributed by atoms with van der Waals surface area (Å²) in [5.41, 5.74) is 0.845. The summed E-state index contributed by atoms with van der Waals surface area (Å²) in [5.74, 6) is 0.576. The maximum atomic E-state index is 13.1. The van der Waals surface area contributed by atoms with Crippen LogP contribution in [0.15, 0.2) is 18.2 Å². The summed E-state index contributed by atoms with van der Waals surface area (Å²) in [6.07, 6.45) is 4.01. The van der Waals surface area contributed by atoms with Crippen LogP contribution in [0.25, 0.3) is 0 Å². The zero-order valence-corrected chi connectivity index (χ0v) is 10.3. The van der Waals surface area contributed by atoms with Gasteiger partial charge in [0, 0.05) is 24.1 Å². The number of aliphatic hydroxyl groups excluding tert-OH is 1. The molecule has 0 spiro atoms. The normalized spacial score (nSPS) is 24.2. The fraction of sp³-hybridized carbons (Fsp3) is 0.571. The van der Waals surface area contributed by atoms with Crippen molar-refractivity contribution in [3.8, 4) is 5.75 Å². The van der Waals surface area contributed by atoms with E-state index in [0.29, 0.717) is 6.54 Å². The first-order valence-corrected chi connectivity index (χ1v) is 6.52. The van der Waals surface area contributed by atoms with Crippen LogP contribution in [0.1, 0.15) is 24.8 Å². The maximum absolute atomic E-state index is 13.1. The van der Waals surface area contributed by atoms with Crippen LogP contribution in [0.2, 0.25) is 0 Å². The summed E-state index contributed by atoms with van der Waals surface area (Å²) in [5, 5.41) is 12.8. The van der Waals surface area contributed by atoms with Gasteiger partial charge in [-0.05, 0) is 37.5 Å². The zero-order valence-electron chi connectivity index (χ0n) is 10.3. The van der Waals surface area contributed by atoms with E-state index < -0.39 is 0 Å². The average Bonchev–Trinajstić information content (AvgIpc) is 2.70. The molecule has 0 bridgehead atoms. The topological polar surface area (TPSA) is 41.5 Å². The van der Waals surface area contributed by atoms with Crippen LogP contribution in [-0.2, 0) is 6.42 Å². The molecule has 1 fully saturated rings. The highest BCUT2D eigenvalue weighted by Gasteiger charge is 2.37. The number of nitrogens with one attached hydrogen (secondary N) is 1. The molecule has 0 saturated heterocycles. The van der Waals surface area contributed by atoms with E-state index in [4.69, 9.17) is 4.74 Å². The lowest BCUT2D eigenvalue weighted by atomic mass is 9.77. The fourth-order valence-electron chi connectivity index (χ4n) is 2.73. The largest absolute Gasteiger partial charge is 0.488 e. The van der Waals surface area contributed by atoms with Crippen LogP contribution in [0.4, 0.5) is 4.39 Å². The average molecular weight is 251 g/mol. The van der Waals surface area contributed by atoms with Gasteiger partial charge in [-0.3, -0.25) is 0 Å². The van der Waals surface area contributed by atoms with Crippen LogP contribution in [0.5, 0.6) is 5.75 Å². The van der Waals surface area contributed by atoms with E-state index in [2.05, 4.69) is 5.32 Å². The Morgan fingerprint density at radius 2 is 2.28 bits per heavy atom. The molecular formula is C14H18FNO2. The van der Waals surface area contributed by atoms with Gasteiger partial charge in [-0.2, -0.15) is 0 Å². The van der Waals surface area contributed by atoms with Crippen LogP contribution in [-0.4, -0.2) is 29.9 Å². The molecule has 0 radical (unpaired) electrons. The molecular weight excluding hydrogens is 233 g/mol. The van der Waals surface area contributed by atoms with Gasteiger partial charge in [-0.1, -0.05) is 0 Å². The number of hydrogen-bond donors (Lipinski definition) is 2. The quantitative estimate of drug-likeness (QED) is 0.854. The third-order valence-electron chi connectivity index (χ3n) is 4.08. The summed E-state index contributed by atoms with van der Waals surface area (Å²) in [6.45, 7) is 0.887. The number of halogens is 1. The Morgan fingerprint density at radius 3 is 2.94 bits per heavy atom. The number of rotatable bonds is 4. The summed E-state index contributed by atoms with van der Waals surface area (Å²) in [4.78, 5) is 0. The Hall–Kier alpha value is -1.13. The van der Waals surface area contributed by atoms with Gasteiger partial charge in [0.25, 0.3) is 0 Å². The predicted molar refractivity (Wildman–Crippen MR) is 66.2 cm³/mol. The molecule has 0 aromatic heterocycles. The smallest absolute Gasteiger partial charge is 0.123 e. The Bertz CT molecular complexity index is 440. The van der Waals surface area contributed by atoms with Gasteiger partial charge >= 0.3 is 0 Å². The van der Waals surface area contributed by atoms with Crippen molar-refractivity contribution in [2.24, 2.45) is 0 Å². The number of aliphatic hydroxyl groups is 1. The first-order chi connectivity index (χ1) is 8.71. The second-order valence-electron chi connectivity index (χ2n) is 5.37. The summed E-state index contributed by atoms with van der Waals surface area (Å²) >= 11 is 0. The highest BCUT2D eigenvalue weighted by atomic mass is 19.1. The van der Waals surface area contributed by atoms with Crippen LogP contribution in [0.3, 0.4) is 0 Å². The lowest BCUT2D eigenvalue weighted by molar-refractivity contribution is 0.0766. The van der Waals surface area contributed by atoms with Crippen molar-refractivity contribution in [1.29, 1.82) is 0 Å². The summed E-state index contributed by atoms with van der Waals surface area (Å²) < 4.78 is 18.8. The van der Waals surface area contributed by atoms with Gasteiger partial charge in [0.2, 0.25) is 0 Å². The molecule has 1 aromatic rings. The third-order valence-corrected chi connectivity index (χ3v) is 4.08. The van der Waals surface area contributed by atoms with E-state index in [9.17, 15) is 9.50 Å². The van der Waals surface area contributed by atoms with Gasteiger partial charge in [0.1, 0.15) is 17.7 Å². The molecule has 1 aliphatic carbocycles. The summed E-state index contributed by atoms with van der Waals surface area (Å²) in [7, 11) is 0. The number of benzene rings is 1. The van der Waals surface area contributed by atoms with Gasteiger partial charge in [-0.15, -0.1) is 0 Å². The molecule has 2 N–H and O–H groups in total. The van der Waals surface area contributed by atoms with E-state index in [1.165, 1.54) is 12.5 Å². The van der Waals surface area contributed by atoms with Crippen LogP contribution >= 0.6 is 0 Å². The maximum Gasteiger partial charge on any atom is 0.123 e. The summed E-state index contributed by atoms with van der Waals surface area (Å²) in [6, 6.07) is 4.66. The minimum atomic E-state index is -0.211. The van der Waals surface area contributed by atoms with Crippen molar-refractivity contribution in [3.05, 3.63) is 29.6 Å². The minimum absolute atomic E-state index is 0.0471. The fourth-order valence-corrected chi connectivity index (χ4v) is 2.73. The predicted octanol–water partition coefficient (Wildman–Crippen LogP) is 1.63. The second kappa shape index (κ2) is 4.52. The molecule has 4 heteroatoms. The zero-order chi connectivity index (χ0) is 12.6. The molecule has 1 heterocycles. The highest BCUT2D eigenvalue weighted by molar-refractivity contribution is 5.37. The van der Waals surface area contributed by atoms with Crippen molar-refractivity contribution >= 4 is 0 Å². The van der Waals surface area contributed by atoms with Crippen molar-refractivity contribution in [2.45, 2.75) is 37.3 Å². The highest BCUT2D eigenvalue weighted by Crippen LogP contribution is 2.33. The van der Waals surface area contributed by atoms with Gasteiger partial charge < -0.3 is 15.2 Å². The molecule has 0 amide bonds. The Kier molecular flexibility index (Phi) is 2.99. The molecule has 1 saturated carbocycles. The van der Waals surface area contributed by atoms with E-state index in [-0.39, 0.29) is 24.1 Å². The monoisotopic (exact) mass is 251 g/mol. The second-order valence-corrected chi connectivity index (χ2v) is 5.37. The van der Waals surface area contributed by atoms with Crippen molar-refractivity contribution in [3.63, 3.8) is 0 Å². The Labute approximate surface area is 106 Å². The standard InChI is InChI=1S/C14H18FNO2/c15-11-2-3-13-10(6-11)7-12(18-13)8-16-14(9-17)4-1-5-14/h2-3,6,12,16-17H,1,4-5,7-9H2. The van der Waals surface area contributed by atoms with E-state index in [1.807, 2.05) is 0 Å². The Balaban J connectivity index is 1.58. The molecule has 1 atom stereocenters. The SMILES string of the molecule is OCC1(NCC2Cc3cc(F)ccc3O2)CCC1. The molecule has 1 unspecified atom stereocenters. The lowest BCUT2D eigenvalue weighted by Gasteiger charge is -2.41. The molecule has 1 aliphatic heterocycles. The minimum Gasteiger partial charge on any atom is -0.488 e. The van der Waals surface area contributed by atoms with Crippen LogP contribution < -0.4 is 10.1 Å². The van der Waals surface area contributed by atoms with Gasteiger partial charge in [-0.25, -0.2) is 4.39 Å². The molecule has 98 valence electrons. The van der Waals surface area contributed by atoms with Crippen molar-refractivity contribution in [1.82, 2.24) is 5.32 Å². The van der Waals surface area contributed by atoms with Crippen LogP contribution in [0, 0.1) is 5.82 Å². The molecule has 3 nitrogen and oxygen atoms in total. The molecule has 2 aliphatic rings. The molecule has 18 heavy (non-hydrogen) atoms. The van der Waals surface area contributed by atoms with E-state index >= 15 is 0 Å². The number of hydrogen-bond acceptors (Lipinski definition) is 3. The van der Waals surface area contributed by atoms with Gasteiger partial charge in [0.15, 0.2) is 0 Å². The van der Waals surface area contributed by atoms with Crippen molar-refractivity contribution < 1.29 is 14.2 Å². The third kappa shape index (κ3) is 2.10.